The molecule has 0 atom stereocenters. The van der Waals surface area contributed by atoms with E-state index < -0.39 is 12.7 Å². The van der Waals surface area contributed by atoms with Crippen LogP contribution in [0.3, 0.4) is 0 Å². The number of halogens is 4. The summed E-state index contributed by atoms with van der Waals surface area (Å²) in [5.41, 5.74) is 9.08. The summed E-state index contributed by atoms with van der Waals surface area (Å²) in [5.74, 6) is 0. The second-order valence-corrected chi connectivity index (χ2v) is 4.41. The maximum atomic E-state index is 12.3. The summed E-state index contributed by atoms with van der Waals surface area (Å²) in [6, 6.07) is 5.68. The average molecular weight is 306 g/mol. The van der Waals surface area contributed by atoms with E-state index in [-0.39, 0.29) is 12.4 Å². The van der Waals surface area contributed by atoms with Gasteiger partial charge < -0.3 is 5.73 Å². The minimum atomic E-state index is -4.27. The Morgan fingerprint density at radius 1 is 1.30 bits per heavy atom. The van der Waals surface area contributed by atoms with Gasteiger partial charge in [0.05, 0.1) is 6.20 Å². The van der Waals surface area contributed by atoms with E-state index in [0.717, 1.165) is 21.4 Å². The van der Waals surface area contributed by atoms with Crippen molar-refractivity contribution in [1.29, 1.82) is 0 Å². The van der Waals surface area contributed by atoms with Gasteiger partial charge in [0.2, 0.25) is 0 Å². The molecule has 110 valence electrons. The maximum absolute atomic E-state index is 12.3. The molecule has 0 spiro atoms. The smallest absolute Gasteiger partial charge is 0.326 e. The van der Waals surface area contributed by atoms with E-state index in [4.69, 9.17) is 5.73 Å². The van der Waals surface area contributed by atoms with Crippen LogP contribution in [0.1, 0.15) is 11.1 Å². The number of hydrogen-bond acceptors (Lipinski definition) is 2. The Hall–Kier alpha value is -1.53. The van der Waals surface area contributed by atoms with Gasteiger partial charge in [0, 0.05) is 18.3 Å². The largest absolute Gasteiger partial charge is 0.408 e. The lowest BCUT2D eigenvalue weighted by molar-refractivity contribution is -0.142. The Bertz CT molecular complexity index is 578. The Labute approximate surface area is 121 Å². The van der Waals surface area contributed by atoms with Crippen LogP contribution in [0.2, 0.25) is 0 Å². The van der Waals surface area contributed by atoms with Gasteiger partial charge in [-0.05, 0) is 18.1 Å². The van der Waals surface area contributed by atoms with Gasteiger partial charge in [-0.1, -0.05) is 23.8 Å². The zero-order valence-corrected chi connectivity index (χ0v) is 11.6. The zero-order chi connectivity index (χ0) is 14.0. The molecule has 0 unspecified atom stereocenters. The molecule has 0 bridgehead atoms. The number of rotatable bonds is 3. The lowest BCUT2D eigenvalue weighted by Gasteiger charge is -2.07. The molecular weight excluding hydrogens is 291 g/mol. The van der Waals surface area contributed by atoms with Gasteiger partial charge in [-0.3, -0.25) is 4.68 Å². The first-order valence-corrected chi connectivity index (χ1v) is 5.78. The van der Waals surface area contributed by atoms with E-state index in [9.17, 15) is 13.2 Å². The Morgan fingerprint density at radius 2 is 2.00 bits per heavy atom. The minimum absolute atomic E-state index is 0. The van der Waals surface area contributed by atoms with E-state index >= 15 is 0 Å². The van der Waals surface area contributed by atoms with Crippen LogP contribution in [0.25, 0.3) is 11.1 Å². The summed E-state index contributed by atoms with van der Waals surface area (Å²) in [5, 5.41) is 3.73. The summed E-state index contributed by atoms with van der Waals surface area (Å²) >= 11 is 0. The Morgan fingerprint density at radius 3 is 2.60 bits per heavy atom. The van der Waals surface area contributed by atoms with Crippen LogP contribution < -0.4 is 5.73 Å². The first-order valence-electron chi connectivity index (χ1n) is 5.78. The van der Waals surface area contributed by atoms with Gasteiger partial charge in [0.1, 0.15) is 6.54 Å². The zero-order valence-electron chi connectivity index (χ0n) is 10.8. The predicted molar refractivity (Wildman–Crippen MR) is 73.6 cm³/mol. The molecule has 2 N–H and O–H groups in total. The van der Waals surface area contributed by atoms with Crippen molar-refractivity contribution in [1.82, 2.24) is 9.78 Å². The maximum Gasteiger partial charge on any atom is 0.408 e. The number of alkyl halides is 3. The van der Waals surface area contributed by atoms with E-state index in [1.165, 1.54) is 12.4 Å². The van der Waals surface area contributed by atoms with Gasteiger partial charge in [0.25, 0.3) is 0 Å². The number of aromatic nitrogens is 2. The molecule has 0 aliphatic rings. The van der Waals surface area contributed by atoms with Crippen molar-refractivity contribution < 1.29 is 13.2 Å². The van der Waals surface area contributed by atoms with E-state index in [1.807, 2.05) is 25.1 Å². The van der Waals surface area contributed by atoms with Crippen LogP contribution in [-0.4, -0.2) is 16.0 Å². The lowest BCUT2D eigenvalue weighted by atomic mass is 10.0. The second-order valence-electron chi connectivity index (χ2n) is 4.41. The molecular formula is C13H15ClF3N3. The molecule has 1 heterocycles. The van der Waals surface area contributed by atoms with Crippen LogP contribution in [0.15, 0.2) is 30.6 Å². The molecule has 3 nitrogen and oxygen atoms in total. The van der Waals surface area contributed by atoms with Gasteiger partial charge in [-0.2, -0.15) is 18.3 Å². The molecule has 0 saturated carbocycles. The number of benzene rings is 1. The third-order valence-corrected chi connectivity index (χ3v) is 2.77. The van der Waals surface area contributed by atoms with E-state index in [0.29, 0.717) is 12.1 Å². The fourth-order valence-electron chi connectivity index (χ4n) is 1.95. The molecule has 0 radical (unpaired) electrons. The summed E-state index contributed by atoms with van der Waals surface area (Å²) in [4.78, 5) is 0. The summed E-state index contributed by atoms with van der Waals surface area (Å²) in [6.45, 7) is 1.19. The predicted octanol–water partition coefficient (Wildman–Crippen LogP) is 3.30. The number of aryl methyl sites for hydroxylation is 1. The molecule has 0 saturated heterocycles. The fourth-order valence-corrected chi connectivity index (χ4v) is 1.95. The fraction of sp³-hybridized carbons (Fsp3) is 0.308. The number of nitrogens with two attached hydrogens (primary N) is 1. The summed E-state index contributed by atoms with van der Waals surface area (Å²) < 4.78 is 37.7. The lowest BCUT2D eigenvalue weighted by Crippen LogP contribution is -2.17. The van der Waals surface area contributed by atoms with Crippen molar-refractivity contribution in [3.05, 3.63) is 41.7 Å². The van der Waals surface area contributed by atoms with Crippen molar-refractivity contribution in [3.8, 4) is 11.1 Å². The third kappa shape index (κ3) is 3.98. The van der Waals surface area contributed by atoms with Crippen LogP contribution in [0, 0.1) is 6.92 Å². The van der Waals surface area contributed by atoms with Gasteiger partial charge in [0.15, 0.2) is 0 Å². The quantitative estimate of drug-likeness (QED) is 0.945. The van der Waals surface area contributed by atoms with Gasteiger partial charge in [-0.15, -0.1) is 12.4 Å². The molecule has 7 heteroatoms. The first-order chi connectivity index (χ1) is 8.89. The van der Waals surface area contributed by atoms with Crippen LogP contribution in [0.4, 0.5) is 13.2 Å². The molecule has 2 aromatic rings. The molecule has 0 aliphatic heterocycles. The molecule has 1 aromatic carbocycles. The minimum Gasteiger partial charge on any atom is -0.326 e. The van der Waals surface area contributed by atoms with E-state index in [2.05, 4.69) is 5.10 Å². The number of nitrogens with zero attached hydrogens (tertiary/aromatic N) is 2. The van der Waals surface area contributed by atoms with Crippen molar-refractivity contribution >= 4 is 12.4 Å². The van der Waals surface area contributed by atoms with Crippen molar-refractivity contribution in [2.75, 3.05) is 0 Å². The second kappa shape index (κ2) is 6.28. The molecule has 2 rings (SSSR count). The van der Waals surface area contributed by atoms with Gasteiger partial charge >= 0.3 is 6.18 Å². The Kier molecular flexibility index (Phi) is 5.19. The first kappa shape index (κ1) is 16.5. The SMILES string of the molecule is Cc1ccc(-c2cnn(CC(F)(F)F)c2)c(CN)c1.Cl. The highest BCUT2D eigenvalue weighted by molar-refractivity contribution is 5.85. The van der Waals surface area contributed by atoms with Gasteiger partial charge in [-0.25, -0.2) is 0 Å². The molecule has 1 aromatic heterocycles. The van der Waals surface area contributed by atoms with Crippen LogP contribution >= 0.6 is 12.4 Å². The molecule has 0 fully saturated rings. The summed E-state index contributed by atoms with van der Waals surface area (Å²) in [6.07, 6.45) is -1.46. The Balaban J connectivity index is 0.00000200. The van der Waals surface area contributed by atoms with Crippen molar-refractivity contribution in [3.63, 3.8) is 0 Å². The normalized spacial score (nSPS) is 11.2. The van der Waals surface area contributed by atoms with E-state index in [1.54, 1.807) is 0 Å². The highest BCUT2D eigenvalue weighted by atomic mass is 35.5. The average Bonchev–Trinajstić information content (AvgIpc) is 2.74. The highest BCUT2D eigenvalue weighted by Gasteiger charge is 2.28. The molecule has 20 heavy (non-hydrogen) atoms. The monoisotopic (exact) mass is 305 g/mol. The van der Waals surface area contributed by atoms with Crippen molar-refractivity contribution in [2.45, 2.75) is 26.2 Å². The number of hydrogen-bond donors (Lipinski definition) is 1. The summed E-state index contributed by atoms with van der Waals surface area (Å²) in [7, 11) is 0. The molecule has 0 aliphatic carbocycles. The third-order valence-electron chi connectivity index (χ3n) is 2.77. The molecule has 0 amide bonds. The van der Waals surface area contributed by atoms with Crippen molar-refractivity contribution in [2.24, 2.45) is 5.73 Å². The van der Waals surface area contributed by atoms with Crippen LogP contribution in [0.5, 0.6) is 0 Å². The topological polar surface area (TPSA) is 43.8 Å². The highest BCUT2D eigenvalue weighted by Crippen LogP contribution is 2.25. The standard InChI is InChI=1S/C13H14F3N3.ClH/c1-9-2-3-12(10(4-9)5-17)11-6-18-19(7-11)8-13(14,15)16;/h2-4,6-7H,5,8,17H2,1H3;1H. The van der Waals surface area contributed by atoms with Crippen LogP contribution in [-0.2, 0) is 13.1 Å².